The smallest absolute Gasteiger partial charge is 0.229 e. The Bertz CT molecular complexity index is 935. The number of thioether (sulfide) groups is 1. The first-order valence-corrected chi connectivity index (χ1v) is 11.7. The van der Waals surface area contributed by atoms with E-state index in [0.717, 1.165) is 29.2 Å². The number of carbonyl (C=O) groups excluding carboxylic acids is 1. The lowest BCUT2D eigenvalue weighted by Gasteiger charge is -2.24. The minimum atomic E-state index is -0.347. The van der Waals surface area contributed by atoms with E-state index >= 15 is 0 Å². The van der Waals surface area contributed by atoms with Crippen molar-refractivity contribution in [2.45, 2.75) is 25.2 Å². The minimum Gasteiger partial charge on any atom is -0.302 e. The molecule has 0 unspecified atom stereocenters. The third kappa shape index (κ3) is 6.41. The summed E-state index contributed by atoms with van der Waals surface area (Å²) >= 11 is 3.04. The number of hydrogen-bond donors (Lipinski definition) is 0. The molecule has 0 saturated heterocycles. The molecule has 162 valence electrons. The molecule has 0 aliphatic rings. The normalized spacial score (nSPS) is 10.9. The molecule has 4 nitrogen and oxygen atoms in total. The van der Waals surface area contributed by atoms with E-state index in [1.54, 1.807) is 22.7 Å². The molecule has 1 heterocycles. The van der Waals surface area contributed by atoms with Gasteiger partial charge in [0.1, 0.15) is 11.3 Å². The Kier molecular flexibility index (Phi) is 10.0. The highest BCUT2D eigenvalue weighted by Crippen LogP contribution is 2.31. The number of aromatic nitrogens is 1. The van der Waals surface area contributed by atoms with Crippen molar-refractivity contribution >= 4 is 56.8 Å². The van der Waals surface area contributed by atoms with Gasteiger partial charge >= 0.3 is 0 Å². The number of amides is 1. The van der Waals surface area contributed by atoms with Crippen molar-refractivity contribution in [3.63, 3.8) is 0 Å². The lowest BCUT2D eigenvalue weighted by Crippen LogP contribution is -2.39. The number of likely N-dealkylation sites (N-methyl/N-ethyl adjacent to an activating group) is 1. The highest BCUT2D eigenvalue weighted by Gasteiger charge is 2.21. The molecule has 0 spiro atoms. The summed E-state index contributed by atoms with van der Waals surface area (Å²) in [6.45, 7) is 7.40. The molecule has 0 bridgehead atoms. The number of carbonyl (C=O) groups is 1. The van der Waals surface area contributed by atoms with Crippen LogP contribution < -0.4 is 4.90 Å². The summed E-state index contributed by atoms with van der Waals surface area (Å²) in [5, 5.41) is 0.576. The van der Waals surface area contributed by atoms with E-state index in [9.17, 15) is 9.18 Å². The fourth-order valence-electron chi connectivity index (χ4n) is 3.03. The highest BCUT2D eigenvalue weighted by molar-refractivity contribution is 7.99. The van der Waals surface area contributed by atoms with Crippen molar-refractivity contribution in [3.8, 4) is 0 Å². The van der Waals surface area contributed by atoms with E-state index in [-0.39, 0.29) is 24.1 Å². The van der Waals surface area contributed by atoms with Crippen LogP contribution in [0, 0.1) is 5.82 Å². The molecule has 3 rings (SSSR count). The van der Waals surface area contributed by atoms with E-state index < -0.39 is 0 Å². The molecule has 30 heavy (non-hydrogen) atoms. The van der Waals surface area contributed by atoms with Gasteiger partial charge in [-0.3, -0.25) is 9.69 Å². The monoisotopic (exact) mass is 467 g/mol. The second-order valence-corrected chi connectivity index (χ2v) is 8.74. The lowest BCUT2D eigenvalue weighted by molar-refractivity contribution is -0.118. The van der Waals surface area contributed by atoms with Crippen LogP contribution in [0.15, 0.2) is 53.4 Å². The molecule has 2 aromatic carbocycles. The second-order valence-electron chi connectivity index (χ2n) is 6.57. The summed E-state index contributed by atoms with van der Waals surface area (Å²) in [6, 6.07) is 15.0. The molecular formula is C22H27ClFN3OS2. The Morgan fingerprint density at radius 2 is 1.80 bits per heavy atom. The van der Waals surface area contributed by atoms with E-state index in [1.807, 2.05) is 36.4 Å². The lowest BCUT2D eigenvalue weighted by atomic mass is 10.3. The van der Waals surface area contributed by atoms with Crippen LogP contribution in [0.3, 0.4) is 0 Å². The first kappa shape index (κ1) is 24.6. The van der Waals surface area contributed by atoms with Crippen LogP contribution in [0.4, 0.5) is 9.52 Å². The maximum Gasteiger partial charge on any atom is 0.229 e. The average molecular weight is 468 g/mol. The van der Waals surface area contributed by atoms with Crippen LogP contribution >= 0.6 is 35.5 Å². The van der Waals surface area contributed by atoms with E-state index in [4.69, 9.17) is 0 Å². The standard InChI is InChI=1S/C22H26FN3OS2.ClH/c1-3-25(4-2)14-15-26(20(27)13-16-28-17-9-6-5-7-10-17)22-24-21-18(23)11-8-12-19(21)29-22;/h5-12H,3-4,13-16H2,1-2H3;1H. The number of fused-ring (bicyclic) bond motifs is 1. The highest BCUT2D eigenvalue weighted by atomic mass is 35.5. The molecule has 0 atom stereocenters. The van der Waals surface area contributed by atoms with Crippen molar-refractivity contribution in [2.75, 3.05) is 36.8 Å². The fraction of sp³-hybridized carbons (Fsp3) is 0.364. The average Bonchev–Trinajstić information content (AvgIpc) is 3.17. The Hall–Kier alpha value is -1.67. The quantitative estimate of drug-likeness (QED) is 0.357. The van der Waals surface area contributed by atoms with E-state index in [2.05, 4.69) is 23.7 Å². The molecule has 0 radical (unpaired) electrons. The molecule has 3 aromatic rings. The molecule has 0 saturated carbocycles. The summed E-state index contributed by atoms with van der Waals surface area (Å²) in [4.78, 5) is 22.7. The maximum absolute atomic E-state index is 14.1. The Labute approximate surface area is 191 Å². The van der Waals surface area contributed by atoms with Crippen LogP contribution in [0.2, 0.25) is 0 Å². The summed E-state index contributed by atoms with van der Waals surface area (Å²) in [5.74, 6) is 0.380. The van der Waals surface area contributed by atoms with Gasteiger partial charge in [0.25, 0.3) is 0 Å². The van der Waals surface area contributed by atoms with Gasteiger partial charge in [-0.2, -0.15) is 0 Å². The zero-order valence-corrected chi connectivity index (χ0v) is 19.7. The number of hydrogen-bond acceptors (Lipinski definition) is 5. The van der Waals surface area contributed by atoms with Gasteiger partial charge in [-0.15, -0.1) is 24.2 Å². The van der Waals surface area contributed by atoms with Gasteiger partial charge in [0.05, 0.1) is 4.70 Å². The van der Waals surface area contributed by atoms with E-state index in [1.165, 1.54) is 17.4 Å². The van der Waals surface area contributed by atoms with Crippen LogP contribution in [0.25, 0.3) is 10.2 Å². The molecular weight excluding hydrogens is 441 g/mol. The Balaban J connectivity index is 0.00000320. The van der Waals surface area contributed by atoms with Gasteiger partial charge in [0.15, 0.2) is 5.13 Å². The van der Waals surface area contributed by atoms with Crippen molar-refractivity contribution in [1.82, 2.24) is 9.88 Å². The largest absolute Gasteiger partial charge is 0.302 e. The van der Waals surface area contributed by atoms with Crippen molar-refractivity contribution in [2.24, 2.45) is 0 Å². The summed E-state index contributed by atoms with van der Waals surface area (Å²) < 4.78 is 14.9. The summed E-state index contributed by atoms with van der Waals surface area (Å²) in [5.41, 5.74) is 0.340. The van der Waals surface area contributed by atoms with E-state index in [0.29, 0.717) is 29.4 Å². The molecule has 0 aliphatic heterocycles. The SMILES string of the molecule is CCN(CC)CCN(C(=O)CCSc1ccccc1)c1nc2c(F)cccc2s1.Cl. The third-order valence-corrected chi connectivity index (χ3v) is 6.81. The van der Waals surface area contributed by atoms with Gasteiger partial charge in [-0.1, -0.05) is 49.4 Å². The van der Waals surface area contributed by atoms with Gasteiger partial charge in [-0.05, 0) is 37.4 Å². The second kappa shape index (κ2) is 12.2. The molecule has 0 fully saturated rings. The Morgan fingerprint density at radius 3 is 2.47 bits per heavy atom. The molecule has 0 N–H and O–H groups in total. The molecule has 8 heteroatoms. The zero-order valence-electron chi connectivity index (χ0n) is 17.2. The number of anilines is 1. The topological polar surface area (TPSA) is 36.4 Å². The first-order valence-electron chi connectivity index (χ1n) is 9.88. The van der Waals surface area contributed by atoms with Crippen molar-refractivity contribution in [3.05, 3.63) is 54.3 Å². The number of nitrogens with zero attached hydrogens (tertiary/aromatic N) is 3. The number of para-hydroxylation sites is 1. The minimum absolute atomic E-state index is 0. The predicted octanol–water partition coefficient (Wildman–Crippen LogP) is 5.71. The predicted molar refractivity (Wildman–Crippen MR) is 129 cm³/mol. The summed E-state index contributed by atoms with van der Waals surface area (Å²) in [7, 11) is 0. The van der Waals surface area contributed by atoms with Crippen LogP contribution in [0.1, 0.15) is 20.3 Å². The van der Waals surface area contributed by atoms with Gasteiger partial charge in [0, 0.05) is 30.2 Å². The molecule has 1 amide bonds. The molecule has 0 aliphatic carbocycles. The zero-order chi connectivity index (χ0) is 20.6. The third-order valence-electron chi connectivity index (χ3n) is 4.75. The van der Waals surface area contributed by atoms with Crippen LogP contribution in [-0.2, 0) is 4.79 Å². The first-order chi connectivity index (χ1) is 14.1. The maximum atomic E-state index is 14.1. The number of thiazole rings is 1. The van der Waals surface area contributed by atoms with Crippen molar-refractivity contribution in [1.29, 1.82) is 0 Å². The number of halogens is 2. The van der Waals surface area contributed by atoms with Gasteiger partial charge < -0.3 is 4.90 Å². The molecule has 1 aromatic heterocycles. The van der Waals surface area contributed by atoms with Crippen LogP contribution in [0.5, 0.6) is 0 Å². The fourth-order valence-corrected chi connectivity index (χ4v) is 4.92. The Morgan fingerprint density at radius 1 is 1.07 bits per heavy atom. The van der Waals surface area contributed by atoms with Gasteiger partial charge in [0.2, 0.25) is 5.91 Å². The number of rotatable bonds is 10. The van der Waals surface area contributed by atoms with Gasteiger partial charge in [-0.25, -0.2) is 9.37 Å². The van der Waals surface area contributed by atoms with Crippen molar-refractivity contribution < 1.29 is 9.18 Å². The van der Waals surface area contributed by atoms with Crippen LogP contribution in [-0.4, -0.2) is 47.7 Å². The summed E-state index contributed by atoms with van der Waals surface area (Å²) in [6.07, 6.45) is 0.413. The number of benzene rings is 2.